The van der Waals surface area contributed by atoms with Crippen LogP contribution in [0.4, 0.5) is 0 Å². The van der Waals surface area contributed by atoms with E-state index in [0.29, 0.717) is 12.0 Å². The van der Waals surface area contributed by atoms with Gasteiger partial charge in [0.25, 0.3) is 0 Å². The van der Waals surface area contributed by atoms with Crippen molar-refractivity contribution >= 4 is 0 Å². The minimum atomic E-state index is 0.392. The highest BCUT2D eigenvalue weighted by Crippen LogP contribution is 2.23. The summed E-state index contributed by atoms with van der Waals surface area (Å²) >= 11 is 0. The van der Waals surface area contributed by atoms with E-state index in [9.17, 15) is 0 Å². The molecule has 100 valence electrons. The lowest BCUT2D eigenvalue weighted by molar-refractivity contribution is 0.000546. The molecule has 1 aromatic carbocycles. The Labute approximate surface area is 110 Å². The van der Waals surface area contributed by atoms with Crippen LogP contribution in [0.15, 0.2) is 24.3 Å². The van der Waals surface area contributed by atoms with Crippen LogP contribution in [0.2, 0.25) is 0 Å². The van der Waals surface area contributed by atoms with E-state index >= 15 is 0 Å². The highest BCUT2D eigenvalue weighted by molar-refractivity contribution is 5.27. The van der Waals surface area contributed by atoms with Gasteiger partial charge in [-0.3, -0.25) is 0 Å². The topological polar surface area (TPSA) is 21.7 Å². The van der Waals surface area contributed by atoms with Gasteiger partial charge in [-0.2, -0.15) is 0 Å². The maximum Gasteiger partial charge on any atom is 0.118 e. The SMILES string of the molecule is COc1ccc(C[C@@H]2CN(C)CC[C@H]2OC)cc1. The van der Waals surface area contributed by atoms with Gasteiger partial charge in [0.05, 0.1) is 13.2 Å². The quantitative estimate of drug-likeness (QED) is 0.816. The van der Waals surface area contributed by atoms with Gasteiger partial charge in [0.1, 0.15) is 5.75 Å². The smallest absolute Gasteiger partial charge is 0.118 e. The number of ether oxygens (including phenoxy) is 2. The van der Waals surface area contributed by atoms with Crippen LogP contribution >= 0.6 is 0 Å². The molecule has 1 aliphatic heterocycles. The molecule has 1 saturated heterocycles. The molecule has 0 radical (unpaired) electrons. The zero-order valence-electron chi connectivity index (χ0n) is 11.6. The van der Waals surface area contributed by atoms with Crippen molar-refractivity contribution in [2.24, 2.45) is 5.92 Å². The lowest BCUT2D eigenvalue weighted by atomic mass is 9.89. The first-order chi connectivity index (χ1) is 8.72. The van der Waals surface area contributed by atoms with E-state index in [1.807, 2.05) is 19.2 Å². The van der Waals surface area contributed by atoms with E-state index in [1.165, 1.54) is 5.56 Å². The molecule has 18 heavy (non-hydrogen) atoms. The Bertz CT molecular complexity index is 363. The van der Waals surface area contributed by atoms with Gasteiger partial charge in [0.15, 0.2) is 0 Å². The first-order valence-electron chi connectivity index (χ1n) is 6.57. The standard InChI is InChI=1S/C15H23NO2/c1-16-9-8-15(18-3)13(11-16)10-12-4-6-14(17-2)7-5-12/h4-7,13,15H,8-11H2,1-3H3/t13-,15-/m1/s1. The van der Waals surface area contributed by atoms with Crippen LogP contribution in [0.5, 0.6) is 5.75 Å². The Kier molecular flexibility index (Phi) is 4.61. The zero-order chi connectivity index (χ0) is 13.0. The van der Waals surface area contributed by atoms with Gasteiger partial charge in [-0.1, -0.05) is 12.1 Å². The molecule has 1 aromatic rings. The van der Waals surface area contributed by atoms with Crippen LogP contribution in [0.25, 0.3) is 0 Å². The highest BCUT2D eigenvalue weighted by Gasteiger charge is 2.27. The van der Waals surface area contributed by atoms with Crippen LogP contribution in [0.1, 0.15) is 12.0 Å². The highest BCUT2D eigenvalue weighted by atomic mass is 16.5. The van der Waals surface area contributed by atoms with Crippen LogP contribution in [0, 0.1) is 5.92 Å². The molecule has 3 heteroatoms. The van der Waals surface area contributed by atoms with E-state index in [0.717, 1.165) is 31.7 Å². The fraction of sp³-hybridized carbons (Fsp3) is 0.600. The third-order valence-electron chi connectivity index (χ3n) is 3.83. The third-order valence-corrected chi connectivity index (χ3v) is 3.83. The average molecular weight is 249 g/mol. The van der Waals surface area contributed by atoms with Crippen molar-refractivity contribution in [3.63, 3.8) is 0 Å². The predicted molar refractivity (Wildman–Crippen MR) is 73.1 cm³/mol. The molecule has 3 nitrogen and oxygen atoms in total. The van der Waals surface area contributed by atoms with Crippen molar-refractivity contribution in [2.45, 2.75) is 18.9 Å². The lowest BCUT2D eigenvalue weighted by Gasteiger charge is -2.36. The molecule has 1 aliphatic rings. The molecule has 0 spiro atoms. The third kappa shape index (κ3) is 3.24. The molecule has 0 unspecified atom stereocenters. The van der Waals surface area contributed by atoms with Crippen LogP contribution < -0.4 is 4.74 Å². The first-order valence-corrected chi connectivity index (χ1v) is 6.57. The Morgan fingerprint density at radius 2 is 1.94 bits per heavy atom. The monoisotopic (exact) mass is 249 g/mol. The van der Waals surface area contributed by atoms with Gasteiger partial charge < -0.3 is 14.4 Å². The summed E-state index contributed by atoms with van der Waals surface area (Å²) in [6, 6.07) is 8.37. The molecule has 0 N–H and O–H groups in total. The van der Waals surface area contributed by atoms with Crippen molar-refractivity contribution in [1.82, 2.24) is 4.90 Å². The number of likely N-dealkylation sites (tertiary alicyclic amines) is 1. The molecule has 1 heterocycles. The summed E-state index contributed by atoms with van der Waals surface area (Å²) in [5.74, 6) is 1.50. The molecule has 0 saturated carbocycles. The van der Waals surface area contributed by atoms with Gasteiger partial charge in [0, 0.05) is 26.1 Å². The summed E-state index contributed by atoms with van der Waals surface area (Å²) in [7, 11) is 5.72. The molecular weight excluding hydrogens is 226 g/mol. The summed E-state index contributed by atoms with van der Waals surface area (Å²) in [6.45, 7) is 2.25. The molecule has 0 aliphatic carbocycles. The van der Waals surface area contributed by atoms with Gasteiger partial charge in [0.2, 0.25) is 0 Å². The summed E-state index contributed by atoms with van der Waals surface area (Å²) in [6.07, 6.45) is 2.60. The van der Waals surface area contributed by atoms with E-state index in [-0.39, 0.29) is 0 Å². The minimum Gasteiger partial charge on any atom is -0.497 e. The Balaban J connectivity index is 2.01. The number of hydrogen-bond acceptors (Lipinski definition) is 3. The number of nitrogens with zero attached hydrogens (tertiary/aromatic N) is 1. The van der Waals surface area contributed by atoms with Crippen molar-refractivity contribution in [3.8, 4) is 5.75 Å². The maximum atomic E-state index is 5.62. The van der Waals surface area contributed by atoms with E-state index in [1.54, 1.807) is 7.11 Å². The number of piperidine rings is 1. The summed E-state index contributed by atoms with van der Waals surface area (Å²) < 4.78 is 10.8. The second-order valence-corrected chi connectivity index (χ2v) is 5.14. The Morgan fingerprint density at radius 3 is 2.56 bits per heavy atom. The van der Waals surface area contributed by atoms with E-state index in [4.69, 9.17) is 9.47 Å². The van der Waals surface area contributed by atoms with Crippen molar-refractivity contribution in [1.29, 1.82) is 0 Å². The lowest BCUT2D eigenvalue weighted by Crippen LogP contribution is -2.42. The number of rotatable bonds is 4. The van der Waals surface area contributed by atoms with Gasteiger partial charge in [-0.05, 0) is 37.6 Å². The summed E-state index contributed by atoms with van der Waals surface area (Å²) in [5, 5.41) is 0. The molecule has 2 atom stereocenters. The molecular formula is C15H23NO2. The maximum absolute atomic E-state index is 5.62. The molecule has 2 rings (SSSR count). The number of methoxy groups -OCH3 is 2. The zero-order valence-corrected chi connectivity index (χ0v) is 11.6. The average Bonchev–Trinajstić information content (AvgIpc) is 2.40. The number of benzene rings is 1. The number of hydrogen-bond donors (Lipinski definition) is 0. The van der Waals surface area contributed by atoms with Gasteiger partial charge in [-0.25, -0.2) is 0 Å². The predicted octanol–water partition coefficient (Wildman–Crippen LogP) is 2.20. The summed E-state index contributed by atoms with van der Waals surface area (Å²) in [4.78, 5) is 2.39. The molecule has 1 fully saturated rings. The van der Waals surface area contributed by atoms with Crippen molar-refractivity contribution in [3.05, 3.63) is 29.8 Å². The minimum absolute atomic E-state index is 0.392. The van der Waals surface area contributed by atoms with Crippen LogP contribution in [0.3, 0.4) is 0 Å². The second kappa shape index (κ2) is 6.21. The summed E-state index contributed by atoms with van der Waals surface area (Å²) in [5.41, 5.74) is 1.36. The normalized spacial score (nSPS) is 25.1. The van der Waals surface area contributed by atoms with Crippen molar-refractivity contribution in [2.75, 3.05) is 34.4 Å². The Morgan fingerprint density at radius 1 is 1.22 bits per heavy atom. The fourth-order valence-electron chi connectivity index (χ4n) is 2.76. The van der Waals surface area contributed by atoms with Crippen LogP contribution in [-0.2, 0) is 11.2 Å². The van der Waals surface area contributed by atoms with Gasteiger partial charge in [-0.15, -0.1) is 0 Å². The van der Waals surface area contributed by atoms with Gasteiger partial charge >= 0.3 is 0 Å². The molecule has 0 aromatic heterocycles. The Hall–Kier alpha value is -1.06. The fourth-order valence-corrected chi connectivity index (χ4v) is 2.76. The van der Waals surface area contributed by atoms with E-state index < -0.39 is 0 Å². The first kappa shape index (κ1) is 13.4. The molecule has 0 amide bonds. The second-order valence-electron chi connectivity index (χ2n) is 5.14. The molecule has 0 bridgehead atoms. The van der Waals surface area contributed by atoms with E-state index in [2.05, 4.69) is 24.1 Å². The van der Waals surface area contributed by atoms with Crippen molar-refractivity contribution < 1.29 is 9.47 Å². The van der Waals surface area contributed by atoms with Crippen LogP contribution in [-0.4, -0.2) is 45.4 Å². The largest absolute Gasteiger partial charge is 0.497 e.